The quantitative estimate of drug-likeness (QED) is 0.745. The van der Waals surface area contributed by atoms with E-state index in [0.29, 0.717) is 6.04 Å². The van der Waals surface area contributed by atoms with Crippen LogP contribution in [0.5, 0.6) is 0 Å². The van der Waals surface area contributed by atoms with Crippen molar-refractivity contribution < 1.29 is 0 Å². The van der Waals surface area contributed by atoms with Crippen LogP contribution in [-0.4, -0.2) is 29.6 Å². The zero-order chi connectivity index (χ0) is 11.1. The Morgan fingerprint density at radius 1 is 1.33 bits per heavy atom. The third kappa shape index (κ3) is 4.83. The van der Waals surface area contributed by atoms with Gasteiger partial charge in [-0.15, -0.1) is 0 Å². The molecular weight excluding hydrogens is 204 g/mol. The Balaban J connectivity index is 2.20. The molecule has 3 heteroatoms. The summed E-state index contributed by atoms with van der Waals surface area (Å²) in [6.45, 7) is 3.29. The summed E-state index contributed by atoms with van der Waals surface area (Å²) in [6.07, 6.45) is 9.16. The highest BCUT2D eigenvalue weighted by atomic mass is 32.1. The molecule has 0 heterocycles. The van der Waals surface area contributed by atoms with E-state index in [0.717, 1.165) is 11.7 Å². The van der Waals surface area contributed by atoms with Crippen LogP contribution in [0.2, 0.25) is 0 Å². The van der Waals surface area contributed by atoms with Crippen molar-refractivity contribution in [3.63, 3.8) is 0 Å². The molecule has 0 spiro atoms. The molecule has 15 heavy (non-hydrogen) atoms. The molecule has 0 aliphatic heterocycles. The maximum atomic E-state index is 5.39. The van der Waals surface area contributed by atoms with Gasteiger partial charge >= 0.3 is 0 Å². The number of hydrogen-bond acceptors (Lipinski definition) is 1. The van der Waals surface area contributed by atoms with Crippen LogP contribution >= 0.6 is 12.2 Å². The summed E-state index contributed by atoms with van der Waals surface area (Å²) in [5.74, 6) is 0. The first-order valence-electron chi connectivity index (χ1n) is 6.25. The molecule has 0 amide bonds. The average molecular weight is 228 g/mol. The second-order valence-corrected chi connectivity index (χ2v) is 4.95. The van der Waals surface area contributed by atoms with Crippen LogP contribution in [0.4, 0.5) is 0 Å². The second kappa shape index (κ2) is 7.04. The predicted molar refractivity (Wildman–Crippen MR) is 70.1 cm³/mol. The van der Waals surface area contributed by atoms with Gasteiger partial charge in [0.25, 0.3) is 0 Å². The molecule has 0 aromatic carbocycles. The second-order valence-electron chi connectivity index (χ2n) is 4.56. The highest BCUT2D eigenvalue weighted by Gasteiger charge is 2.15. The molecule has 1 N–H and O–H groups in total. The van der Waals surface area contributed by atoms with Crippen molar-refractivity contribution in [2.24, 2.45) is 0 Å². The molecule has 0 atom stereocenters. The van der Waals surface area contributed by atoms with Gasteiger partial charge in [0, 0.05) is 19.6 Å². The maximum Gasteiger partial charge on any atom is 0.168 e. The van der Waals surface area contributed by atoms with E-state index < -0.39 is 0 Å². The van der Waals surface area contributed by atoms with Crippen molar-refractivity contribution in [2.45, 2.75) is 57.9 Å². The van der Waals surface area contributed by atoms with Gasteiger partial charge in [0.1, 0.15) is 0 Å². The first kappa shape index (κ1) is 12.8. The standard InChI is InChI=1S/C12H24N2S/c1-3-4-10-14(2)12(15)13-11-8-6-5-7-9-11/h11H,3-10H2,1-2H3,(H,13,15). The minimum Gasteiger partial charge on any atom is -0.360 e. The van der Waals surface area contributed by atoms with E-state index >= 15 is 0 Å². The number of rotatable bonds is 4. The minimum atomic E-state index is 0.635. The Kier molecular flexibility index (Phi) is 5.99. The molecule has 0 unspecified atom stereocenters. The summed E-state index contributed by atoms with van der Waals surface area (Å²) in [5, 5.41) is 4.43. The van der Waals surface area contributed by atoms with Crippen LogP contribution in [0.15, 0.2) is 0 Å². The highest BCUT2D eigenvalue weighted by Crippen LogP contribution is 2.17. The van der Waals surface area contributed by atoms with Gasteiger partial charge in [0.05, 0.1) is 0 Å². The minimum absolute atomic E-state index is 0.635. The van der Waals surface area contributed by atoms with Gasteiger partial charge in [-0.05, 0) is 31.5 Å². The lowest BCUT2D eigenvalue weighted by Crippen LogP contribution is -2.43. The first-order valence-corrected chi connectivity index (χ1v) is 6.66. The molecule has 1 aliphatic carbocycles. The summed E-state index contributed by atoms with van der Waals surface area (Å²) in [6, 6.07) is 0.635. The zero-order valence-electron chi connectivity index (χ0n) is 10.1. The fourth-order valence-corrected chi connectivity index (χ4v) is 2.29. The number of thiocarbonyl (C=S) groups is 1. The molecule has 2 nitrogen and oxygen atoms in total. The molecule has 1 fully saturated rings. The molecule has 1 saturated carbocycles. The lowest BCUT2D eigenvalue weighted by atomic mass is 9.96. The number of nitrogens with zero attached hydrogens (tertiary/aromatic N) is 1. The Morgan fingerprint density at radius 2 is 2.00 bits per heavy atom. The van der Waals surface area contributed by atoms with E-state index in [2.05, 4.69) is 24.2 Å². The summed E-state index contributed by atoms with van der Waals surface area (Å²) in [7, 11) is 2.09. The smallest absolute Gasteiger partial charge is 0.168 e. The monoisotopic (exact) mass is 228 g/mol. The van der Waals surface area contributed by atoms with Crippen molar-refractivity contribution in [1.29, 1.82) is 0 Å². The average Bonchev–Trinajstić information content (AvgIpc) is 2.27. The third-order valence-corrected chi connectivity index (χ3v) is 3.56. The lowest BCUT2D eigenvalue weighted by Gasteiger charge is -2.28. The molecule has 1 aliphatic rings. The van der Waals surface area contributed by atoms with Crippen LogP contribution in [0.3, 0.4) is 0 Å². The van der Waals surface area contributed by atoms with E-state index in [4.69, 9.17) is 12.2 Å². The van der Waals surface area contributed by atoms with E-state index in [1.807, 2.05) is 0 Å². The summed E-state index contributed by atoms with van der Waals surface area (Å²) >= 11 is 5.39. The van der Waals surface area contributed by atoms with E-state index in [1.54, 1.807) is 0 Å². The van der Waals surface area contributed by atoms with E-state index in [1.165, 1.54) is 44.9 Å². The van der Waals surface area contributed by atoms with Gasteiger partial charge in [-0.3, -0.25) is 0 Å². The Labute approximate surface area is 99.4 Å². The summed E-state index contributed by atoms with van der Waals surface area (Å²) in [5.41, 5.74) is 0. The Morgan fingerprint density at radius 3 is 2.60 bits per heavy atom. The molecule has 0 radical (unpaired) electrons. The van der Waals surface area contributed by atoms with Gasteiger partial charge in [-0.25, -0.2) is 0 Å². The first-order chi connectivity index (χ1) is 7.24. The van der Waals surface area contributed by atoms with Crippen LogP contribution in [0.1, 0.15) is 51.9 Å². The van der Waals surface area contributed by atoms with Gasteiger partial charge in [-0.1, -0.05) is 32.6 Å². The van der Waals surface area contributed by atoms with Crippen molar-refractivity contribution in [2.75, 3.05) is 13.6 Å². The van der Waals surface area contributed by atoms with Gasteiger partial charge in [0.2, 0.25) is 0 Å². The van der Waals surface area contributed by atoms with Crippen molar-refractivity contribution in [3.05, 3.63) is 0 Å². The van der Waals surface area contributed by atoms with E-state index in [9.17, 15) is 0 Å². The normalized spacial score (nSPS) is 17.5. The van der Waals surface area contributed by atoms with Crippen LogP contribution in [0, 0.1) is 0 Å². The van der Waals surface area contributed by atoms with Gasteiger partial charge in [0.15, 0.2) is 5.11 Å². The fraction of sp³-hybridized carbons (Fsp3) is 0.917. The summed E-state index contributed by atoms with van der Waals surface area (Å²) < 4.78 is 0. The van der Waals surface area contributed by atoms with Crippen molar-refractivity contribution in [1.82, 2.24) is 10.2 Å². The number of hydrogen-bond donors (Lipinski definition) is 1. The SMILES string of the molecule is CCCCN(C)C(=S)NC1CCCCC1. The van der Waals surface area contributed by atoms with Crippen LogP contribution in [0.25, 0.3) is 0 Å². The van der Waals surface area contributed by atoms with Crippen molar-refractivity contribution >= 4 is 17.3 Å². The lowest BCUT2D eigenvalue weighted by molar-refractivity contribution is 0.392. The Bertz CT molecular complexity index is 188. The molecule has 0 aromatic heterocycles. The zero-order valence-corrected chi connectivity index (χ0v) is 10.9. The highest BCUT2D eigenvalue weighted by molar-refractivity contribution is 7.80. The molecule has 1 rings (SSSR count). The molecule has 0 saturated heterocycles. The molecule has 0 bridgehead atoms. The molecule has 0 aromatic rings. The number of nitrogens with one attached hydrogen (secondary N) is 1. The molecule has 88 valence electrons. The van der Waals surface area contributed by atoms with Gasteiger partial charge < -0.3 is 10.2 Å². The van der Waals surface area contributed by atoms with Gasteiger partial charge in [-0.2, -0.15) is 0 Å². The third-order valence-electron chi connectivity index (χ3n) is 3.13. The van der Waals surface area contributed by atoms with Crippen LogP contribution in [-0.2, 0) is 0 Å². The summed E-state index contributed by atoms with van der Waals surface area (Å²) in [4.78, 5) is 2.17. The number of unbranched alkanes of at least 4 members (excludes halogenated alkanes) is 1. The van der Waals surface area contributed by atoms with Crippen LogP contribution < -0.4 is 5.32 Å². The largest absolute Gasteiger partial charge is 0.360 e. The van der Waals surface area contributed by atoms with E-state index in [-0.39, 0.29) is 0 Å². The predicted octanol–water partition coefficient (Wildman–Crippen LogP) is 2.93. The maximum absolute atomic E-state index is 5.39. The van der Waals surface area contributed by atoms with Crippen molar-refractivity contribution in [3.8, 4) is 0 Å². The fourth-order valence-electron chi connectivity index (χ4n) is 2.03. The molecular formula is C12H24N2S. The topological polar surface area (TPSA) is 15.3 Å². The Hall–Kier alpha value is -0.310.